The van der Waals surface area contributed by atoms with Gasteiger partial charge in [0, 0.05) is 5.57 Å². The van der Waals surface area contributed by atoms with E-state index in [-0.39, 0.29) is 0 Å². The Morgan fingerprint density at radius 3 is 1.86 bits per heavy atom. The van der Waals surface area contributed by atoms with Crippen LogP contribution in [0.1, 0.15) is 24.5 Å². The van der Waals surface area contributed by atoms with Gasteiger partial charge in [-0.1, -0.05) is 73.7 Å². The van der Waals surface area contributed by atoms with Gasteiger partial charge in [-0.2, -0.15) is 0 Å². The predicted octanol–water partition coefficient (Wildman–Crippen LogP) is 5.55. The van der Waals surface area contributed by atoms with Gasteiger partial charge in [-0.15, -0.1) is 5.73 Å². The lowest BCUT2D eigenvalue weighted by Crippen LogP contribution is -1.95. The van der Waals surface area contributed by atoms with Crippen molar-refractivity contribution in [3.63, 3.8) is 0 Å². The van der Waals surface area contributed by atoms with Gasteiger partial charge in [0.1, 0.15) is 0 Å². The Bertz CT molecular complexity index is 696. The second-order valence-corrected chi connectivity index (χ2v) is 5.02. The Hall–Kier alpha value is -2.56. The van der Waals surface area contributed by atoms with Crippen LogP contribution in [0.2, 0.25) is 0 Å². The van der Waals surface area contributed by atoms with Gasteiger partial charge in [0.25, 0.3) is 0 Å². The maximum absolute atomic E-state index is 3.35. The molecule has 0 radical (unpaired) electrons. The van der Waals surface area contributed by atoms with Crippen LogP contribution < -0.4 is 0 Å². The van der Waals surface area contributed by atoms with E-state index in [1.165, 1.54) is 27.8 Å². The third kappa shape index (κ3) is 2.81. The van der Waals surface area contributed by atoms with Crippen molar-refractivity contribution in [3.05, 3.63) is 107 Å². The molecule has 2 aromatic rings. The van der Waals surface area contributed by atoms with E-state index < -0.39 is 0 Å². The third-order valence-corrected chi connectivity index (χ3v) is 3.70. The Balaban J connectivity index is 2.26. The van der Waals surface area contributed by atoms with E-state index in [9.17, 15) is 0 Å². The monoisotopic (exact) mass is 270 g/mol. The molecule has 102 valence electrons. The van der Waals surface area contributed by atoms with E-state index in [0.717, 1.165) is 6.42 Å². The van der Waals surface area contributed by atoms with Crippen LogP contribution in [0.25, 0.3) is 5.57 Å². The summed E-state index contributed by atoms with van der Waals surface area (Å²) in [4.78, 5) is 0. The normalized spacial score (nSPS) is 12.3. The lowest BCUT2D eigenvalue weighted by molar-refractivity contribution is 1.13. The quantitative estimate of drug-likeness (QED) is 0.639. The fourth-order valence-corrected chi connectivity index (χ4v) is 2.74. The molecule has 3 rings (SSSR count). The number of allylic oxidation sites excluding steroid dienone is 4. The van der Waals surface area contributed by atoms with Crippen molar-refractivity contribution in [1.82, 2.24) is 0 Å². The summed E-state index contributed by atoms with van der Waals surface area (Å²) in [6.45, 7) is 2.21. The van der Waals surface area contributed by atoms with Gasteiger partial charge in [0.2, 0.25) is 0 Å². The predicted molar refractivity (Wildman–Crippen MR) is 89.9 cm³/mol. The molecule has 0 aromatic heterocycles. The zero-order valence-electron chi connectivity index (χ0n) is 12.2. The first-order chi connectivity index (χ1) is 10.4. The molecule has 0 nitrogen and oxygen atoms in total. The Labute approximate surface area is 126 Å². The molecule has 0 saturated carbocycles. The van der Waals surface area contributed by atoms with Gasteiger partial charge >= 0.3 is 0 Å². The second kappa shape index (κ2) is 6.26. The molecule has 0 N–H and O–H groups in total. The van der Waals surface area contributed by atoms with E-state index >= 15 is 0 Å². The Morgan fingerprint density at radius 2 is 1.43 bits per heavy atom. The molecular weight excluding hydrogens is 252 g/mol. The number of benzene rings is 2. The molecule has 1 aliphatic rings. The third-order valence-electron chi connectivity index (χ3n) is 3.70. The minimum atomic E-state index is 0.986. The summed E-state index contributed by atoms with van der Waals surface area (Å²) < 4.78 is 0. The Morgan fingerprint density at radius 1 is 0.857 bits per heavy atom. The smallest absolute Gasteiger partial charge is 0.0203 e. The van der Waals surface area contributed by atoms with Crippen LogP contribution >= 0.6 is 0 Å². The highest BCUT2D eigenvalue weighted by Crippen LogP contribution is 2.33. The summed E-state index contributed by atoms with van der Waals surface area (Å²) in [5, 5.41) is 0. The fourth-order valence-electron chi connectivity index (χ4n) is 2.74. The summed E-state index contributed by atoms with van der Waals surface area (Å²) in [5.41, 5.74) is 9.72. The first-order valence-electron chi connectivity index (χ1n) is 7.38. The van der Waals surface area contributed by atoms with Crippen LogP contribution in [0.5, 0.6) is 0 Å². The lowest BCUT2D eigenvalue weighted by atomic mass is 9.88. The summed E-state index contributed by atoms with van der Waals surface area (Å²) in [5.74, 6) is 0. The molecule has 21 heavy (non-hydrogen) atoms. The minimum absolute atomic E-state index is 0.986. The number of rotatable bonds is 4. The molecule has 0 unspecified atom stereocenters. The highest BCUT2D eigenvalue weighted by molar-refractivity contribution is 5.85. The molecule has 0 fully saturated rings. The SMILES string of the molecule is CCC(C1=C=CC=C1)=C(c1ccccc1)c1ccccc1. The average molecular weight is 270 g/mol. The highest BCUT2D eigenvalue weighted by Gasteiger charge is 2.13. The van der Waals surface area contributed by atoms with E-state index in [1.54, 1.807) is 0 Å². The molecular formula is C21H18. The maximum atomic E-state index is 3.35. The van der Waals surface area contributed by atoms with E-state index in [0.29, 0.717) is 0 Å². The van der Waals surface area contributed by atoms with Crippen molar-refractivity contribution in [2.24, 2.45) is 0 Å². The second-order valence-electron chi connectivity index (χ2n) is 5.02. The molecule has 0 spiro atoms. The Kier molecular flexibility index (Phi) is 4.00. The van der Waals surface area contributed by atoms with Crippen LogP contribution in [0.4, 0.5) is 0 Å². The molecule has 0 bridgehead atoms. The van der Waals surface area contributed by atoms with Crippen molar-refractivity contribution in [2.75, 3.05) is 0 Å². The maximum Gasteiger partial charge on any atom is 0.0203 e. The fraction of sp³-hybridized carbons (Fsp3) is 0.0952. The summed E-state index contributed by atoms with van der Waals surface area (Å²) >= 11 is 0. The van der Waals surface area contributed by atoms with Gasteiger partial charge in [-0.3, -0.25) is 0 Å². The minimum Gasteiger partial charge on any atom is -0.113 e. The van der Waals surface area contributed by atoms with E-state index in [1.807, 2.05) is 6.08 Å². The first kappa shape index (κ1) is 13.4. The van der Waals surface area contributed by atoms with Crippen molar-refractivity contribution in [3.8, 4) is 0 Å². The first-order valence-corrected chi connectivity index (χ1v) is 7.38. The van der Waals surface area contributed by atoms with Crippen LogP contribution in [0.15, 0.2) is 95.8 Å². The molecule has 1 aliphatic carbocycles. The van der Waals surface area contributed by atoms with E-state index in [4.69, 9.17) is 0 Å². The van der Waals surface area contributed by atoms with Gasteiger partial charge < -0.3 is 0 Å². The van der Waals surface area contributed by atoms with Crippen molar-refractivity contribution in [1.29, 1.82) is 0 Å². The molecule has 0 heterocycles. The number of hydrogen-bond donors (Lipinski definition) is 0. The molecule has 0 saturated heterocycles. The summed E-state index contributed by atoms with van der Waals surface area (Å²) in [7, 11) is 0. The van der Waals surface area contributed by atoms with Gasteiger partial charge in [-0.25, -0.2) is 0 Å². The van der Waals surface area contributed by atoms with Crippen LogP contribution in [0, 0.1) is 0 Å². The van der Waals surface area contributed by atoms with Crippen LogP contribution in [-0.2, 0) is 0 Å². The molecule has 0 heteroatoms. The summed E-state index contributed by atoms with van der Waals surface area (Å²) in [6, 6.07) is 21.2. The zero-order chi connectivity index (χ0) is 14.5. The largest absolute Gasteiger partial charge is 0.113 e. The summed E-state index contributed by atoms with van der Waals surface area (Å²) in [6.07, 6.45) is 7.17. The van der Waals surface area contributed by atoms with Crippen LogP contribution in [-0.4, -0.2) is 0 Å². The highest BCUT2D eigenvalue weighted by atomic mass is 14.2. The molecule has 0 amide bonds. The van der Waals surface area contributed by atoms with Gasteiger partial charge in [0.05, 0.1) is 0 Å². The topological polar surface area (TPSA) is 0 Å². The molecule has 0 atom stereocenters. The molecule has 2 aromatic carbocycles. The van der Waals surface area contributed by atoms with E-state index in [2.05, 4.69) is 85.5 Å². The van der Waals surface area contributed by atoms with Crippen molar-refractivity contribution < 1.29 is 0 Å². The average Bonchev–Trinajstić information content (AvgIpc) is 3.08. The van der Waals surface area contributed by atoms with Gasteiger partial charge in [-0.05, 0) is 40.8 Å². The van der Waals surface area contributed by atoms with Crippen molar-refractivity contribution >= 4 is 5.57 Å². The lowest BCUT2D eigenvalue weighted by Gasteiger charge is -2.15. The van der Waals surface area contributed by atoms with Crippen molar-refractivity contribution in [2.45, 2.75) is 13.3 Å². The zero-order valence-corrected chi connectivity index (χ0v) is 12.2. The molecule has 0 aliphatic heterocycles. The van der Waals surface area contributed by atoms with Crippen LogP contribution in [0.3, 0.4) is 0 Å². The number of hydrogen-bond acceptors (Lipinski definition) is 0. The standard InChI is InChI=1S/C21H18/c1-2-20(17-11-9-10-12-17)21(18-13-5-3-6-14-18)19-15-7-4-8-16-19/h3-11,13-16H,2H2,1H3. The van der Waals surface area contributed by atoms with Gasteiger partial charge in [0.15, 0.2) is 0 Å².